The van der Waals surface area contributed by atoms with E-state index in [1.54, 1.807) is 0 Å². The first-order chi connectivity index (χ1) is 14.0. The van der Waals surface area contributed by atoms with Gasteiger partial charge < -0.3 is 10.1 Å². The quantitative estimate of drug-likeness (QED) is 0.827. The van der Waals surface area contributed by atoms with Crippen LogP contribution in [0.1, 0.15) is 52.7 Å². The van der Waals surface area contributed by atoms with E-state index in [2.05, 4.69) is 42.3 Å². The predicted molar refractivity (Wildman–Crippen MR) is 116 cm³/mol. The first-order valence-electron chi connectivity index (χ1n) is 10.8. The summed E-state index contributed by atoms with van der Waals surface area (Å²) in [7, 11) is 0. The summed E-state index contributed by atoms with van der Waals surface area (Å²) in [4.78, 5) is 14.8. The highest BCUT2D eigenvalue weighted by molar-refractivity contribution is 5.94. The number of rotatable bonds is 5. The van der Waals surface area contributed by atoms with E-state index in [0.717, 1.165) is 45.3 Å². The lowest BCUT2D eigenvalue weighted by Crippen LogP contribution is -2.44. The van der Waals surface area contributed by atoms with Crippen molar-refractivity contribution in [3.8, 4) is 0 Å². The molecule has 2 saturated heterocycles. The van der Waals surface area contributed by atoms with E-state index in [1.165, 1.54) is 16.7 Å². The van der Waals surface area contributed by atoms with Gasteiger partial charge in [-0.05, 0) is 68.4 Å². The number of aryl methyl sites for hydroxylation is 2. The Kier molecular flexibility index (Phi) is 6.02. The third kappa shape index (κ3) is 4.88. The van der Waals surface area contributed by atoms with E-state index in [1.807, 2.05) is 30.3 Å². The standard InChI is InChI=1S/C25H32N2O2/c1-19-8-9-21(16-20(19)2)18-27-14-12-25(13-15-27)11-10-23(29-25)17-26-24(28)22-6-4-3-5-7-22/h3-9,16,23H,10-15,17-18H2,1-2H3,(H,26,28)/t23-/m1/s1. The van der Waals surface area contributed by atoms with Crippen LogP contribution in [-0.2, 0) is 11.3 Å². The number of nitrogens with one attached hydrogen (secondary N) is 1. The highest BCUT2D eigenvalue weighted by Crippen LogP contribution is 2.39. The number of likely N-dealkylation sites (tertiary alicyclic amines) is 1. The average Bonchev–Trinajstić information content (AvgIpc) is 3.14. The predicted octanol–water partition coefficient (Wildman–Crippen LogP) is 4.25. The van der Waals surface area contributed by atoms with Crippen molar-refractivity contribution in [2.75, 3.05) is 19.6 Å². The van der Waals surface area contributed by atoms with Crippen LogP contribution in [0, 0.1) is 13.8 Å². The molecule has 4 nitrogen and oxygen atoms in total. The normalized spacial score (nSPS) is 21.4. The Morgan fingerprint density at radius 1 is 1.07 bits per heavy atom. The minimum Gasteiger partial charge on any atom is -0.370 e. The van der Waals surface area contributed by atoms with Crippen molar-refractivity contribution >= 4 is 5.91 Å². The summed E-state index contributed by atoms with van der Waals surface area (Å²) < 4.78 is 6.47. The Morgan fingerprint density at radius 2 is 1.83 bits per heavy atom. The molecule has 2 aromatic carbocycles. The van der Waals surface area contributed by atoms with Crippen LogP contribution >= 0.6 is 0 Å². The van der Waals surface area contributed by atoms with E-state index in [4.69, 9.17) is 4.74 Å². The number of nitrogens with zero attached hydrogens (tertiary/aromatic N) is 1. The Bertz CT molecular complexity index is 841. The number of carbonyl (C=O) groups is 1. The van der Waals surface area contributed by atoms with Crippen molar-refractivity contribution in [1.82, 2.24) is 10.2 Å². The Balaban J connectivity index is 1.24. The van der Waals surface area contributed by atoms with Crippen LogP contribution in [0.2, 0.25) is 0 Å². The molecule has 29 heavy (non-hydrogen) atoms. The van der Waals surface area contributed by atoms with Gasteiger partial charge in [0.25, 0.3) is 5.91 Å². The molecule has 0 unspecified atom stereocenters. The Hall–Kier alpha value is -2.17. The van der Waals surface area contributed by atoms with Crippen LogP contribution in [0.3, 0.4) is 0 Å². The second-order valence-electron chi connectivity index (χ2n) is 8.73. The molecule has 4 heteroatoms. The zero-order valence-corrected chi connectivity index (χ0v) is 17.6. The topological polar surface area (TPSA) is 41.6 Å². The number of hydrogen-bond acceptors (Lipinski definition) is 3. The maximum atomic E-state index is 12.3. The van der Waals surface area contributed by atoms with Crippen molar-refractivity contribution in [3.63, 3.8) is 0 Å². The van der Waals surface area contributed by atoms with Crippen molar-refractivity contribution in [2.45, 2.75) is 57.8 Å². The lowest BCUT2D eigenvalue weighted by Gasteiger charge is -2.39. The van der Waals surface area contributed by atoms with Gasteiger partial charge in [-0.25, -0.2) is 0 Å². The first-order valence-corrected chi connectivity index (χ1v) is 10.8. The molecule has 0 bridgehead atoms. The maximum absolute atomic E-state index is 12.3. The third-order valence-electron chi connectivity index (χ3n) is 6.61. The molecule has 1 spiro atoms. The second kappa shape index (κ2) is 8.68. The molecule has 2 aromatic rings. The third-order valence-corrected chi connectivity index (χ3v) is 6.61. The van der Waals surface area contributed by atoms with Gasteiger partial charge in [0.05, 0.1) is 11.7 Å². The van der Waals surface area contributed by atoms with Crippen molar-refractivity contribution < 1.29 is 9.53 Å². The number of ether oxygens (including phenoxy) is 1. The highest BCUT2D eigenvalue weighted by atomic mass is 16.5. The van der Waals surface area contributed by atoms with Crippen LogP contribution in [0.25, 0.3) is 0 Å². The number of amides is 1. The summed E-state index contributed by atoms with van der Waals surface area (Å²) in [6, 6.07) is 16.2. The number of carbonyl (C=O) groups excluding carboxylic acids is 1. The second-order valence-corrected chi connectivity index (χ2v) is 8.73. The molecule has 1 atom stereocenters. The van der Waals surface area contributed by atoms with Gasteiger partial charge in [-0.3, -0.25) is 9.69 Å². The summed E-state index contributed by atoms with van der Waals surface area (Å²) in [6.07, 6.45) is 4.44. The fraction of sp³-hybridized carbons (Fsp3) is 0.480. The maximum Gasteiger partial charge on any atom is 0.251 e. The molecule has 1 N–H and O–H groups in total. The van der Waals surface area contributed by atoms with E-state index < -0.39 is 0 Å². The minimum atomic E-state index is -0.0154. The van der Waals surface area contributed by atoms with Gasteiger partial charge in [0.15, 0.2) is 0 Å². The molecule has 0 radical (unpaired) electrons. The van der Waals surface area contributed by atoms with Crippen LogP contribution in [-0.4, -0.2) is 42.1 Å². The summed E-state index contributed by atoms with van der Waals surface area (Å²) in [5.74, 6) is -0.0154. The molecule has 2 fully saturated rings. The van der Waals surface area contributed by atoms with Gasteiger partial charge in [-0.1, -0.05) is 36.4 Å². The zero-order chi connectivity index (χ0) is 20.3. The largest absolute Gasteiger partial charge is 0.370 e. The first kappa shape index (κ1) is 20.1. The van der Waals surface area contributed by atoms with Crippen LogP contribution in [0.15, 0.2) is 48.5 Å². The molecule has 0 aliphatic carbocycles. The minimum absolute atomic E-state index is 0.0154. The summed E-state index contributed by atoms with van der Waals surface area (Å²) in [6.45, 7) is 8.13. The van der Waals surface area contributed by atoms with Crippen LogP contribution < -0.4 is 5.32 Å². The van der Waals surface area contributed by atoms with Crippen LogP contribution in [0.4, 0.5) is 0 Å². The Morgan fingerprint density at radius 3 is 2.55 bits per heavy atom. The fourth-order valence-electron chi connectivity index (χ4n) is 4.58. The average molecular weight is 393 g/mol. The molecule has 2 aliphatic heterocycles. The molecule has 0 aromatic heterocycles. The molecule has 154 valence electrons. The number of hydrogen-bond donors (Lipinski definition) is 1. The molecule has 2 heterocycles. The van der Waals surface area contributed by atoms with Gasteiger partial charge in [0, 0.05) is 31.7 Å². The molecule has 4 rings (SSSR count). The van der Waals surface area contributed by atoms with E-state index in [-0.39, 0.29) is 17.6 Å². The van der Waals surface area contributed by atoms with Gasteiger partial charge in [-0.2, -0.15) is 0 Å². The highest BCUT2D eigenvalue weighted by Gasteiger charge is 2.42. The van der Waals surface area contributed by atoms with Gasteiger partial charge >= 0.3 is 0 Å². The molecule has 0 saturated carbocycles. The van der Waals surface area contributed by atoms with E-state index in [0.29, 0.717) is 12.1 Å². The van der Waals surface area contributed by atoms with Crippen molar-refractivity contribution in [3.05, 3.63) is 70.8 Å². The van der Waals surface area contributed by atoms with Crippen molar-refractivity contribution in [2.24, 2.45) is 0 Å². The van der Waals surface area contributed by atoms with E-state index >= 15 is 0 Å². The zero-order valence-electron chi connectivity index (χ0n) is 17.6. The Labute approximate surface area is 174 Å². The smallest absolute Gasteiger partial charge is 0.251 e. The summed E-state index contributed by atoms with van der Waals surface area (Å²) in [5.41, 5.74) is 4.85. The molecular formula is C25H32N2O2. The monoisotopic (exact) mass is 392 g/mol. The SMILES string of the molecule is Cc1ccc(CN2CCC3(CC[C@H](CNC(=O)c4ccccc4)O3)CC2)cc1C. The number of benzene rings is 2. The van der Waals surface area contributed by atoms with Gasteiger partial charge in [0.2, 0.25) is 0 Å². The van der Waals surface area contributed by atoms with E-state index in [9.17, 15) is 4.79 Å². The lowest BCUT2D eigenvalue weighted by atomic mass is 9.88. The molecular weight excluding hydrogens is 360 g/mol. The molecule has 1 amide bonds. The summed E-state index contributed by atoms with van der Waals surface area (Å²) in [5, 5.41) is 3.04. The lowest BCUT2D eigenvalue weighted by molar-refractivity contribution is -0.0764. The van der Waals surface area contributed by atoms with Gasteiger partial charge in [-0.15, -0.1) is 0 Å². The number of piperidine rings is 1. The molecule has 2 aliphatic rings. The van der Waals surface area contributed by atoms with Gasteiger partial charge in [0.1, 0.15) is 0 Å². The summed E-state index contributed by atoms with van der Waals surface area (Å²) >= 11 is 0. The fourth-order valence-corrected chi connectivity index (χ4v) is 4.58. The van der Waals surface area contributed by atoms with Crippen LogP contribution in [0.5, 0.6) is 0 Å². The van der Waals surface area contributed by atoms with Crippen molar-refractivity contribution in [1.29, 1.82) is 0 Å².